The van der Waals surface area contributed by atoms with E-state index in [2.05, 4.69) is 14.9 Å². The molecule has 2 aromatic carbocycles. The third-order valence-electron chi connectivity index (χ3n) is 3.95. The Kier molecular flexibility index (Phi) is 5.22. The van der Waals surface area contributed by atoms with E-state index in [1.54, 1.807) is 19.1 Å². The number of aromatic nitrogens is 2. The lowest BCUT2D eigenvalue weighted by atomic mass is 10.2. The summed E-state index contributed by atoms with van der Waals surface area (Å²) in [5.41, 5.74) is 1.96. The topological polar surface area (TPSA) is 90.1 Å². The summed E-state index contributed by atoms with van der Waals surface area (Å²) in [7, 11) is 0. The second-order valence-electron chi connectivity index (χ2n) is 5.65. The Morgan fingerprint density at radius 1 is 1.27 bits per heavy atom. The summed E-state index contributed by atoms with van der Waals surface area (Å²) in [6, 6.07) is 13.9. The van der Waals surface area contributed by atoms with Crippen LogP contribution in [0, 0.1) is 10.1 Å². The molecule has 3 aromatic rings. The lowest BCUT2D eigenvalue weighted by Gasteiger charge is -2.12. The SMILES string of the molecule is CCn1c(SC(C)C(=O)Nc2ccccc2[N+](=O)[O-])nc2ccccc21. The van der Waals surface area contributed by atoms with E-state index < -0.39 is 10.2 Å². The minimum absolute atomic E-state index is 0.126. The summed E-state index contributed by atoms with van der Waals surface area (Å²) in [4.78, 5) is 27.7. The molecule has 1 aromatic heterocycles. The van der Waals surface area contributed by atoms with Gasteiger partial charge in [-0.1, -0.05) is 36.0 Å². The second kappa shape index (κ2) is 7.57. The van der Waals surface area contributed by atoms with Crippen LogP contribution in [0.3, 0.4) is 0 Å². The monoisotopic (exact) mass is 370 g/mol. The first kappa shape index (κ1) is 17.9. The molecule has 1 heterocycles. The highest BCUT2D eigenvalue weighted by Gasteiger charge is 2.22. The molecule has 3 rings (SSSR count). The van der Waals surface area contributed by atoms with Gasteiger partial charge in [-0.25, -0.2) is 4.98 Å². The molecule has 0 spiro atoms. The van der Waals surface area contributed by atoms with Gasteiger partial charge in [-0.15, -0.1) is 0 Å². The van der Waals surface area contributed by atoms with E-state index in [9.17, 15) is 14.9 Å². The predicted octanol–water partition coefficient (Wildman–Crippen LogP) is 4.08. The first-order valence-corrected chi connectivity index (χ1v) is 9.05. The number of imidazole rings is 1. The first-order chi connectivity index (χ1) is 12.5. The van der Waals surface area contributed by atoms with E-state index in [1.807, 2.05) is 31.2 Å². The number of nitrogens with one attached hydrogen (secondary N) is 1. The lowest BCUT2D eigenvalue weighted by Crippen LogP contribution is -2.23. The van der Waals surface area contributed by atoms with E-state index in [-0.39, 0.29) is 17.3 Å². The average Bonchev–Trinajstić information content (AvgIpc) is 2.98. The number of hydrogen-bond acceptors (Lipinski definition) is 5. The maximum absolute atomic E-state index is 12.5. The number of nitro groups is 1. The Hall–Kier alpha value is -2.87. The van der Waals surface area contributed by atoms with Gasteiger partial charge in [0.05, 0.1) is 21.2 Å². The van der Waals surface area contributed by atoms with Crippen molar-refractivity contribution in [2.45, 2.75) is 30.8 Å². The average molecular weight is 370 g/mol. The standard InChI is InChI=1S/C18H18N4O3S/c1-3-21-15-10-6-4-8-13(15)20-18(21)26-12(2)17(23)19-14-9-5-7-11-16(14)22(24)25/h4-12H,3H2,1-2H3,(H,19,23). The molecule has 1 atom stereocenters. The van der Waals surface area contributed by atoms with Crippen molar-refractivity contribution >= 4 is 40.1 Å². The molecule has 0 saturated carbocycles. The summed E-state index contributed by atoms with van der Waals surface area (Å²) >= 11 is 1.33. The first-order valence-electron chi connectivity index (χ1n) is 8.17. The summed E-state index contributed by atoms with van der Waals surface area (Å²) in [5.74, 6) is -0.306. The zero-order valence-corrected chi connectivity index (χ0v) is 15.2. The zero-order valence-electron chi connectivity index (χ0n) is 14.4. The van der Waals surface area contributed by atoms with Crippen LogP contribution in [0.4, 0.5) is 11.4 Å². The number of carbonyl (C=O) groups excluding carboxylic acids is 1. The Balaban J connectivity index is 1.79. The van der Waals surface area contributed by atoms with Crippen molar-refractivity contribution in [2.24, 2.45) is 0 Å². The molecule has 0 saturated heterocycles. The molecule has 8 heteroatoms. The van der Waals surface area contributed by atoms with E-state index in [1.165, 1.54) is 23.9 Å². The van der Waals surface area contributed by atoms with Crippen molar-refractivity contribution in [3.63, 3.8) is 0 Å². The number of nitrogens with zero attached hydrogens (tertiary/aromatic N) is 3. The second-order valence-corrected chi connectivity index (χ2v) is 6.96. The summed E-state index contributed by atoms with van der Waals surface area (Å²) in [5, 5.41) is 14.0. The van der Waals surface area contributed by atoms with Crippen molar-refractivity contribution in [1.82, 2.24) is 9.55 Å². The van der Waals surface area contributed by atoms with Crippen molar-refractivity contribution < 1.29 is 9.72 Å². The molecule has 0 bridgehead atoms. The normalized spacial score (nSPS) is 12.1. The molecule has 0 aliphatic heterocycles. The Bertz CT molecular complexity index is 970. The van der Waals surface area contributed by atoms with Crippen LogP contribution >= 0.6 is 11.8 Å². The fourth-order valence-electron chi connectivity index (χ4n) is 2.63. The van der Waals surface area contributed by atoms with Gasteiger partial charge in [0, 0.05) is 12.6 Å². The van der Waals surface area contributed by atoms with Crippen LogP contribution in [-0.4, -0.2) is 25.6 Å². The number of hydrogen-bond donors (Lipinski definition) is 1. The number of para-hydroxylation sites is 4. The molecule has 0 fully saturated rings. The fourth-order valence-corrected chi connectivity index (χ4v) is 3.62. The van der Waals surface area contributed by atoms with Crippen LogP contribution < -0.4 is 5.32 Å². The highest BCUT2D eigenvalue weighted by atomic mass is 32.2. The van der Waals surface area contributed by atoms with E-state index in [0.29, 0.717) is 0 Å². The molecule has 1 N–H and O–H groups in total. The largest absolute Gasteiger partial charge is 0.319 e. The van der Waals surface area contributed by atoms with Gasteiger partial charge >= 0.3 is 0 Å². The van der Waals surface area contributed by atoms with Gasteiger partial charge in [0.15, 0.2) is 5.16 Å². The van der Waals surface area contributed by atoms with Crippen molar-refractivity contribution in [3.8, 4) is 0 Å². The van der Waals surface area contributed by atoms with Crippen LogP contribution in [-0.2, 0) is 11.3 Å². The number of benzene rings is 2. The quantitative estimate of drug-likeness (QED) is 0.401. The molecule has 0 aliphatic carbocycles. The predicted molar refractivity (Wildman–Crippen MR) is 102 cm³/mol. The number of anilines is 1. The number of amides is 1. The van der Waals surface area contributed by atoms with Gasteiger partial charge in [0.1, 0.15) is 5.69 Å². The van der Waals surface area contributed by atoms with E-state index >= 15 is 0 Å². The lowest BCUT2D eigenvalue weighted by molar-refractivity contribution is -0.383. The van der Waals surface area contributed by atoms with Gasteiger partial charge < -0.3 is 9.88 Å². The van der Waals surface area contributed by atoms with Gasteiger partial charge in [-0.05, 0) is 32.0 Å². The summed E-state index contributed by atoms with van der Waals surface area (Å²) < 4.78 is 2.05. The molecule has 134 valence electrons. The van der Waals surface area contributed by atoms with Crippen LogP contribution in [0.25, 0.3) is 11.0 Å². The number of rotatable bonds is 6. The molecular weight excluding hydrogens is 352 g/mol. The highest BCUT2D eigenvalue weighted by Crippen LogP contribution is 2.29. The molecule has 26 heavy (non-hydrogen) atoms. The number of thioether (sulfide) groups is 1. The van der Waals surface area contributed by atoms with Gasteiger partial charge in [0.2, 0.25) is 5.91 Å². The number of aryl methyl sites for hydroxylation is 1. The van der Waals surface area contributed by atoms with Crippen LogP contribution in [0.5, 0.6) is 0 Å². The highest BCUT2D eigenvalue weighted by molar-refractivity contribution is 8.00. The molecular formula is C18H18N4O3S. The third-order valence-corrected chi connectivity index (χ3v) is 5.04. The Labute approximate surface area is 154 Å². The Morgan fingerprint density at radius 2 is 1.96 bits per heavy atom. The minimum atomic E-state index is -0.510. The third kappa shape index (κ3) is 3.55. The van der Waals surface area contributed by atoms with Crippen LogP contribution in [0.15, 0.2) is 53.7 Å². The van der Waals surface area contributed by atoms with Crippen molar-refractivity contribution in [2.75, 3.05) is 5.32 Å². The van der Waals surface area contributed by atoms with Crippen LogP contribution in [0.1, 0.15) is 13.8 Å². The summed E-state index contributed by atoms with van der Waals surface area (Å²) in [6.45, 7) is 4.52. The smallest absolute Gasteiger partial charge is 0.292 e. The molecule has 0 radical (unpaired) electrons. The molecule has 1 unspecified atom stereocenters. The van der Waals surface area contributed by atoms with Gasteiger partial charge in [0.25, 0.3) is 5.69 Å². The fraction of sp³-hybridized carbons (Fsp3) is 0.222. The minimum Gasteiger partial charge on any atom is -0.319 e. The van der Waals surface area contributed by atoms with Gasteiger partial charge in [-0.2, -0.15) is 0 Å². The summed E-state index contributed by atoms with van der Waals surface area (Å²) in [6.07, 6.45) is 0. The van der Waals surface area contributed by atoms with Gasteiger partial charge in [-0.3, -0.25) is 14.9 Å². The van der Waals surface area contributed by atoms with Crippen molar-refractivity contribution in [3.05, 3.63) is 58.6 Å². The maximum atomic E-state index is 12.5. The zero-order chi connectivity index (χ0) is 18.7. The molecule has 1 amide bonds. The van der Waals surface area contributed by atoms with Crippen molar-refractivity contribution in [1.29, 1.82) is 0 Å². The van der Waals surface area contributed by atoms with E-state index in [0.717, 1.165) is 22.7 Å². The maximum Gasteiger partial charge on any atom is 0.292 e. The number of fused-ring (bicyclic) bond motifs is 1. The number of nitro benzene ring substituents is 1. The van der Waals surface area contributed by atoms with Crippen LogP contribution in [0.2, 0.25) is 0 Å². The number of carbonyl (C=O) groups is 1. The molecule has 0 aliphatic rings. The Morgan fingerprint density at radius 3 is 2.69 bits per heavy atom. The van der Waals surface area contributed by atoms with E-state index in [4.69, 9.17) is 0 Å². The molecule has 7 nitrogen and oxygen atoms in total.